The molecule has 0 amide bonds. The van der Waals surface area contributed by atoms with Crippen LogP contribution in [0.25, 0.3) is 0 Å². The molecule has 2 aromatic rings. The summed E-state index contributed by atoms with van der Waals surface area (Å²) < 4.78 is 37.5. The predicted molar refractivity (Wildman–Crippen MR) is 103 cm³/mol. The van der Waals surface area contributed by atoms with Gasteiger partial charge in [-0.15, -0.1) is 11.3 Å². The zero-order valence-corrected chi connectivity index (χ0v) is 16.7. The van der Waals surface area contributed by atoms with Gasteiger partial charge in [-0.2, -0.15) is 4.31 Å². The maximum absolute atomic E-state index is 12.8. The van der Waals surface area contributed by atoms with E-state index in [0.29, 0.717) is 44.4 Å². The molecule has 1 aromatic carbocycles. The van der Waals surface area contributed by atoms with Gasteiger partial charge in [0, 0.05) is 37.3 Å². The number of aryl methyl sites for hydroxylation is 1. The van der Waals surface area contributed by atoms with Crippen molar-refractivity contribution >= 4 is 27.0 Å². The predicted octanol–water partition coefficient (Wildman–Crippen LogP) is 2.84. The molecule has 0 radical (unpaired) electrons. The molecule has 0 atom stereocenters. The molecule has 1 fully saturated rings. The summed E-state index contributed by atoms with van der Waals surface area (Å²) in [7, 11) is -1.81. The fourth-order valence-corrected chi connectivity index (χ4v) is 5.08. The normalized spacial score (nSPS) is 15.9. The number of morpholine rings is 1. The third-order valence-corrected chi connectivity index (χ3v) is 7.17. The molecule has 1 saturated heterocycles. The summed E-state index contributed by atoms with van der Waals surface area (Å²) in [4.78, 5) is 1.50. The molecule has 3 rings (SSSR count). The van der Waals surface area contributed by atoms with Crippen LogP contribution >= 0.6 is 11.3 Å². The quantitative estimate of drug-likeness (QED) is 0.779. The van der Waals surface area contributed by atoms with Crippen LogP contribution in [0.5, 0.6) is 0 Å². The number of nitrogens with zero attached hydrogens (tertiary/aromatic N) is 1. The maximum atomic E-state index is 12.8. The summed E-state index contributed by atoms with van der Waals surface area (Å²) in [5.74, 6) is 0. The second-order valence-corrected chi connectivity index (χ2v) is 9.13. The highest BCUT2D eigenvalue weighted by molar-refractivity contribution is 7.89. The number of hydrogen-bond acceptors (Lipinski definition) is 6. The van der Waals surface area contributed by atoms with Crippen LogP contribution in [0, 0.1) is 6.92 Å². The molecule has 1 aromatic heterocycles. The molecule has 8 heteroatoms. The Kier molecular flexibility index (Phi) is 6.31. The number of benzene rings is 1. The highest BCUT2D eigenvalue weighted by Crippen LogP contribution is 2.25. The number of methoxy groups -OCH3 is 1. The second-order valence-electron chi connectivity index (χ2n) is 6.20. The van der Waals surface area contributed by atoms with Crippen LogP contribution in [0.15, 0.2) is 34.5 Å². The van der Waals surface area contributed by atoms with E-state index in [2.05, 4.69) is 16.8 Å². The average Bonchev–Trinajstić information content (AvgIpc) is 3.09. The average molecular weight is 397 g/mol. The maximum Gasteiger partial charge on any atom is 0.243 e. The smallest absolute Gasteiger partial charge is 0.243 e. The van der Waals surface area contributed by atoms with Gasteiger partial charge in [-0.1, -0.05) is 6.07 Å². The van der Waals surface area contributed by atoms with Gasteiger partial charge in [0.2, 0.25) is 10.0 Å². The fraction of sp³-hybridized carbons (Fsp3) is 0.444. The lowest BCUT2D eigenvalue weighted by Gasteiger charge is -2.26. The molecule has 0 unspecified atom stereocenters. The second kappa shape index (κ2) is 8.49. The van der Waals surface area contributed by atoms with Crippen molar-refractivity contribution in [3.8, 4) is 0 Å². The fourth-order valence-electron chi connectivity index (χ4n) is 2.83. The summed E-state index contributed by atoms with van der Waals surface area (Å²) in [6.07, 6.45) is 0. The lowest BCUT2D eigenvalue weighted by Crippen LogP contribution is -2.40. The Morgan fingerprint density at radius 2 is 2.04 bits per heavy atom. The van der Waals surface area contributed by atoms with Gasteiger partial charge in [-0.25, -0.2) is 8.42 Å². The summed E-state index contributed by atoms with van der Waals surface area (Å²) >= 11 is 1.66. The van der Waals surface area contributed by atoms with E-state index in [1.165, 1.54) is 9.18 Å². The third-order valence-electron chi connectivity index (χ3n) is 4.29. The van der Waals surface area contributed by atoms with E-state index >= 15 is 0 Å². The van der Waals surface area contributed by atoms with Gasteiger partial charge in [-0.3, -0.25) is 0 Å². The molecule has 2 heterocycles. The Morgan fingerprint density at radius 3 is 2.77 bits per heavy atom. The van der Waals surface area contributed by atoms with Gasteiger partial charge in [0.05, 0.1) is 24.7 Å². The topological polar surface area (TPSA) is 67.9 Å². The molecule has 6 nitrogen and oxygen atoms in total. The van der Waals surface area contributed by atoms with Crippen molar-refractivity contribution in [3.05, 3.63) is 45.6 Å². The van der Waals surface area contributed by atoms with Gasteiger partial charge >= 0.3 is 0 Å². The van der Waals surface area contributed by atoms with Crippen molar-refractivity contribution in [2.45, 2.75) is 25.0 Å². The van der Waals surface area contributed by atoms with E-state index in [1.807, 2.05) is 13.0 Å². The van der Waals surface area contributed by atoms with Crippen molar-refractivity contribution in [1.82, 2.24) is 4.31 Å². The Balaban J connectivity index is 1.74. The third kappa shape index (κ3) is 4.44. The highest BCUT2D eigenvalue weighted by Gasteiger charge is 2.26. The lowest BCUT2D eigenvalue weighted by atomic mass is 10.2. The van der Waals surface area contributed by atoms with Gasteiger partial charge in [0.15, 0.2) is 0 Å². The first-order chi connectivity index (χ1) is 12.5. The van der Waals surface area contributed by atoms with Crippen LogP contribution in [-0.4, -0.2) is 46.1 Å². The minimum Gasteiger partial charge on any atom is -0.380 e. The first-order valence-electron chi connectivity index (χ1n) is 8.48. The summed E-state index contributed by atoms with van der Waals surface area (Å²) in [6, 6.07) is 7.35. The molecule has 26 heavy (non-hydrogen) atoms. The first-order valence-corrected chi connectivity index (χ1v) is 10.8. The Labute approximate surface area is 158 Å². The monoisotopic (exact) mass is 396 g/mol. The molecule has 1 aliphatic heterocycles. The molecule has 0 aliphatic carbocycles. The van der Waals surface area contributed by atoms with Gasteiger partial charge in [0.1, 0.15) is 0 Å². The van der Waals surface area contributed by atoms with E-state index in [1.54, 1.807) is 30.6 Å². The minimum absolute atomic E-state index is 0.318. The molecular formula is C18H24N2O4S2. The van der Waals surface area contributed by atoms with Crippen molar-refractivity contribution in [2.75, 3.05) is 38.7 Å². The summed E-state index contributed by atoms with van der Waals surface area (Å²) in [5.41, 5.74) is 3.00. The van der Waals surface area contributed by atoms with Gasteiger partial charge < -0.3 is 14.8 Å². The number of sulfonamides is 1. The molecule has 142 valence electrons. The lowest BCUT2D eigenvalue weighted by molar-refractivity contribution is 0.0730. The molecule has 0 saturated carbocycles. The Bertz CT molecular complexity index is 843. The van der Waals surface area contributed by atoms with Crippen molar-refractivity contribution < 1.29 is 17.9 Å². The number of thiophene rings is 1. The molecular weight excluding hydrogens is 372 g/mol. The van der Waals surface area contributed by atoms with Crippen LogP contribution in [0.3, 0.4) is 0 Å². The van der Waals surface area contributed by atoms with Crippen molar-refractivity contribution in [3.63, 3.8) is 0 Å². The molecule has 1 aliphatic rings. The highest BCUT2D eigenvalue weighted by atomic mass is 32.2. The van der Waals surface area contributed by atoms with E-state index in [4.69, 9.17) is 9.47 Å². The number of nitrogens with one attached hydrogen (secondary N) is 1. The molecule has 0 bridgehead atoms. The Morgan fingerprint density at radius 1 is 1.27 bits per heavy atom. The van der Waals surface area contributed by atoms with Crippen LogP contribution in [0.1, 0.15) is 16.0 Å². The van der Waals surface area contributed by atoms with Crippen LogP contribution in [0.4, 0.5) is 5.69 Å². The van der Waals surface area contributed by atoms with E-state index in [9.17, 15) is 8.42 Å². The number of anilines is 1. The van der Waals surface area contributed by atoms with Crippen LogP contribution < -0.4 is 5.32 Å². The standard InChI is InChI=1S/C18H24N2O4S2/c1-14-3-4-17(26(21,22)20-5-7-24-8-6-20)10-18(14)19-11-16-9-15(12-23-2)13-25-16/h3-4,9-10,13,19H,5-8,11-12H2,1-2H3. The first kappa shape index (κ1) is 19.3. The van der Waals surface area contributed by atoms with Crippen molar-refractivity contribution in [1.29, 1.82) is 0 Å². The van der Waals surface area contributed by atoms with Gasteiger partial charge in [0.25, 0.3) is 0 Å². The van der Waals surface area contributed by atoms with E-state index in [0.717, 1.165) is 16.8 Å². The number of hydrogen-bond donors (Lipinski definition) is 1. The molecule has 1 N–H and O–H groups in total. The SMILES string of the molecule is COCc1csc(CNc2cc(S(=O)(=O)N3CCOCC3)ccc2C)c1. The van der Waals surface area contributed by atoms with E-state index < -0.39 is 10.0 Å². The Hall–Kier alpha value is -1.45. The summed E-state index contributed by atoms with van der Waals surface area (Å²) in [5, 5.41) is 5.44. The number of rotatable bonds is 7. The zero-order chi connectivity index (χ0) is 18.6. The summed E-state index contributed by atoms with van der Waals surface area (Å²) in [6.45, 7) is 4.90. The zero-order valence-electron chi connectivity index (χ0n) is 15.0. The minimum atomic E-state index is -3.49. The molecule has 0 spiro atoms. The van der Waals surface area contributed by atoms with Crippen LogP contribution in [-0.2, 0) is 32.6 Å². The largest absolute Gasteiger partial charge is 0.380 e. The van der Waals surface area contributed by atoms with Crippen molar-refractivity contribution in [2.24, 2.45) is 0 Å². The van der Waals surface area contributed by atoms with E-state index in [-0.39, 0.29) is 0 Å². The van der Waals surface area contributed by atoms with Gasteiger partial charge in [-0.05, 0) is 41.6 Å². The van der Waals surface area contributed by atoms with Crippen LogP contribution in [0.2, 0.25) is 0 Å². The number of ether oxygens (including phenoxy) is 2.